The minimum absolute atomic E-state index is 0. The molecule has 0 fully saturated rings. The second kappa shape index (κ2) is 5.83. The fourth-order valence-corrected chi connectivity index (χ4v) is 0. The molecule has 0 heterocycles. The van der Waals surface area contributed by atoms with Crippen molar-refractivity contribution in [2.24, 2.45) is 0 Å². The predicted octanol–water partition coefficient (Wildman–Crippen LogP) is 2.04. The maximum atomic E-state index is 5.06. The Morgan fingerprint density at radius 1 is 1.50 bits per heavy atom. The van der Waals surface area contributed by atoms with Gasteiger partial charge in [0.15, 0.2) is 0 Å². The molecule has 0 aromatic rings. The highest BCUT2D eigenvalue weighted by Crippen LogP contribution is 1.93. The van der Waals surface area contributed by atoms with Crippen LogP contribution in [0.25, 0.3) is 0 Å². The van der Waals surface area contributed by atoms with E-state index in [4.69, 9.17) is 23.6 Å². The molecule has 0 saturated heterocycles. The summed E-state index contributed by atoms with van der Waals surface area (Å²) in [4.78, 5) is 0. The van der Waals surface area contributed by atoms with Crippen LogP contribution in [0.5, 0.6) is 0 Å². The Morgan fingerprint density at radius 3 is 1.67 bits per heavy atom. The normalized spacial score (nSPS) is 8.00. The van der Waals surface area contributed by atoms with Gasteiger partial charge in [-0.05, 0) is 30.5 Å². The van der Waals surface area contributed by atoms with Crippen molar-refractivity contribution in [3.8, 4) is 0 Å². The molecule has 0 radical (unpaired) electrons. The van der Waals surface area contributed by atoms with E-state index >= 15 is 0 Å². The van der Waals surface area contributed by atoms with Gasteiger partial charge in [-0.2, -0.15) is 0 Å². The molecule has 4 heteroatoms. The molecule has 0 aromatic heterocycles. The minimum Gasteiger partial charge on any atom is -0.147 e. The van der Waals surface area contributed by atoms with Gasteiger partial charge in [0, 0.05) is 6.54 Å². The highest BCUT2D eigenvalue weighted by atomic mass is 35.5. The van der Waals surface area contributed by atoms with Crippen molar-refractivity contribution in [2.75, 3.05) is 6.54 Å². The summed E-state index contributed by atoms with van der Waals surface area (Å²) in [5.74, 6) is 0. The number of rotatable bonds is 1. The van der Waals surface area contributed by atoms with E-state index in [0.29, 0.717) is 6.54 Å². The number of nitrogens with zero attached hydrogens (tertiary/aromatic N) is 1. The first-order valence-corrected chi connectivity index (χ1v) is 2.04. The largest absolute Gasteiger partial charge is 0.147 e. The van der Waals surface area contributed by atoms with E-state index in [-0.39, 0.29) is 12.4 Å². The van der Waals surface area contributed by atoms with Crippen molar-refractivity contribution in [1.29, 1.82) is 0 Å². The minimum atomic E-state index is 0. The maximum Gasteiger partial charge on any atom is 0.0275 e. The van der Waals surface area contributed by atoms with Crippen LogP contribution in [-0.2, 0) is 0 Å². The van der Waals surface area contributed by atoms with Crippen molar-refractivity contribution in [1.82, 2.24) is 3.94 Å². The molecule has 0 rings (SSSR count). The zero-order valence-corrected chi connectivity index (χ0v) is 5.65. The molecule has 0 spiro atoms. The summed E-state index contributed by atoms with van der Waals surface area (Å²) in [6.45, 7) is 2.53. The molecule has 0 bridgehead atoms. The Balaban J connectivity index is 0. The van der Waals surface area contributed by atoms with Crippen LogP contribution in [0, 0.1) is 0 Å². The smallest absolute Gasteiger partial charge is 0.0275 e. The predicted molar refractivity (Wildman–Crippen MR) is 31.3 cm³/mol. The summed E-state index contributed by atoms with van der Waals surface area (Å²) < 4.78 is 1.07. The molecular formula is C2H6Cl3N. The summed E-state index contributed by atoms with van der Waals surface area (Å²) >= 11 is 10.1. The second-order valence-electron chi connectivity index (χ2n) is 0.619. The van der Waals surface area contributed by atoms with Gasteiger partial charge in [-0.3, -0.25) is 0 Å². The zero-order valence-electron chi connectivity index (χ0n) is 3.32. The summed E-state index contributed by atoms with van der Waals surface area (Å²) in [6.07, 6.45) is 0. The van der Waals surface area contributed by atoms with E-state index in [1.807, 2.05) is 6.92 Å². The van der Waals surface area contributed by atoms with Crippen LogP contribution in [0.1, 0.15) is 6.92 Å². The van der Waals surface area contributed by atoms with Gasteiger partial charge in [0.2, 0.25) is 0 Å². The van der Waals surface area contributed by atoms with Gasteiger partial charge in [-0.1, -0.05) is 0 Å². The average molecular weight is 150 g/mol. The maximum absolute atomic E-state index is 5.06. The number of halogens is 3. The Kier molecular flexibility index (Phi) is 9.67. The molecule has 6 heavy (non-hydrogen) atoms. The third-order valence-electron chi connectivity index (χ3n) is 0.239. The van der Waals surface area contributed by atoms with Gasteiger partial charge in [0.25, 0.3) is 0 Å². The highest BCUT2D eigenvalue weighted by molar-refractivity contribution is 6.33. The summed E-state index contributed by atoms with van der Waals surface area (Å²) in [5, 5.41) is 0. The summed E-state index contributed by atoms with van der Waals surface area (Å²) in [7, 11) is 0. The van der Waals surface area contributed by atoms with Gasteiger partial charge >= 0.3 is 0 Å². The monoisotopic (exact) mass is 149 g/mol. The van der Waals surface area contributed by atoms with Crippen LogP contribution in [0.15, 0.2) is 0 Å². The lowest BCUT2D eigenvalue weighted by Crippen LogP contribution is -1.91. The summed E-state index contributed by atoms with van der Waals surface area (Å²) in [5.41, 5.74) is 0. The molecule has 0 aliphatic carbocycles. The molecule has 1 nitrogen and oxygen atoms in total. The first-order chi connectivity index (χ1) is 2.27. The fraction of sp³-hybridized carbons (Fsp3) is 1.00. The second-order valence-corrected chi connectivity index (χ2v) is 1.61. The van der Waals surface area contributed by atoms with Crippen molar-refractivity contribution in [3.63, 3.8) is 0 Å². The SMILES string of the molecule is CCN(Cl)Cl.Cl. The van der Waals surface area contributed by atoms with Gasteiger partial charge in [0.05, 0.1) is 0 Å². The third kappa shape index (κ3) is 8.85. The van der Waals surface area contributed by atoms with Crippen molar-refractivity contribution >= 4 is 36.0 Å². The van der Waals surface area contributed by atoms with Crippen molar-refractivity contribution in [2.45, 2.75) is 6.92 Å². The molecule has 0 aromatic carbocycles. The molecule has 0 N–H and O–H groups in total. The van der Waals surface area contributed by atoms with E-state index < -0.39 is 0 Å². The van der Waals surface area contributed by atoms with Crippen LogP contribution in [0.2, 0.25) is 0 Å². The Labute approximate surface area is 53.8 Å². The standard InChI is InChI=1S/C2H5Cl2N.ClH/c1-2-5(3)4;/h2H2,1H3;1H. The Hall–Kier alpha value is 0.830. The van der Waals surface area contributed by atoms with Crippen molar-refractivity contribution < 1.29 is 0 Å². The molecule has 40 valence electrons. The quantitative estimate of drug-likeness (QED) is 0.517. The van der Waals surface area contributed by atoms with E-state index in [0.717, 1.165) is 3.94 Å². The fourth-order valence-electron chi connectivity index (χ4n) is 0. The Morgan fingerprint density at radius 2 is 1.67 bits per heavy atom. The van der Waals surface area contributed by atoms with Gasteiger partial charge in [0.1, 0.15) is 0 Å². The van der Waals surface area contributed by atoms with Crippen LogP contribution in [-0.4, -0.2) is 10.5 Å². The lowest BCUT2D eigenvalue weighted by Gasteiger charge is -1.90. The highest BCUT2D eigenvalue weighted by Gasteiger charge is 1.80. The third-order valence-corrected chi connectivity index (χ3v) is 0.717. The molecular weight excluding hydrogens is 144 g/mol. The van der Waals surface area contributed by atoms with Crippen LogP contribution in [0.4, 0.5) is 0 Å². The summed E-state index contributed by atoms with van der Waals surface area (Å²) in [6, 6.07) is 0. The molecule has 0 aliphatic rings. The van der Waals surface area contributed by atoms with E-state index in [2.05, 4.69) is 0 Å². The molecule has 0 unspecified atom stereocenters. The van der Waals surface area contributed by atoms with E-state index in [9.17, 15) is 0 Å². The van der Waals surface area contributed by atoms with Crippen molar-refractivity contribution in [3.05, 3.63) is 0 Å². The molecule has 0 saturated carbocycles. The van der Waals surface area contributed by atoms with Gasteiger partial charge in [-0.25, -0.2) is 0 Å². The van der Waals surface area contributed by atoms with Crippen LogP contribution < -0.4 is 0 Å². The molecule has 0 amide bonds. The molecule has 0 aliphatic heterocycles. The van der Waals surface area contributed by atoms with Crippen LogP contribution >= 0.6 is 36.0 Å². The molecule has 0 atom stereocenters. The first kappa shape index (κ1) is 9.95. The Bertz CT molecular complexity index is 22.8. The average Bonchev–Trinajstić information content (AvgIpc) is 1.38. The van der Waals surface area contributed by atoms with E-state index in [1.54, 1.807) is 0 Å². The first-order valence-electron chi connectivity index (χ1n) is 1.36. The topological polar surface area (TPSA) is 3.24 Å². The van der Waals surface area contributed by atoms with E-state index in [1.165, 1.54) is 0 Å². The number of hydrogen-bond acceptors (Lipinski definition) is 1. The lowest BCUT2D eigenvalue weighted by molar-refractivity contribution is 0.750. The van der Waals surface area contributed by atoms with Gasteiger partial charge in [-0.15, -0.1) is 16.3 Å². The zero-order chi connectivity index (χ0) is 4.28. The van der Waals surface area contributed by atoms with Crippen LogP contribution in [0.3, 0.4) is 0 Å². The lowest BCUT2D eigenvalue weighted by atomic mass is 10.8. The number of hydrogen-bond donors (Lipinski definition) is 0. The van der Waals surface area contributed by atoms with Gasteiger partial charge < -0.3 is 0 Å².